The van der Waals surface area contributed by atoms with Gasteiger partial charge in [-0.05, 0) is 31.7 Å². The van der Waals surface area contributed by atoms with Gasteiger partial charge in [-0.15, -0.1) is 0 Å². The molecule has 4 N–H and O–H groups in total. The molecule has 1 unspecified atom stereocenters. The Kier molecular flexibility index (Phi) is 4.54. The zero-order valence-corrected chi connectivity index (χ0v) is 14.7. The van der Waals surface area contributed by atoms with Gasteiger partial charge >= 0.3 is 12.4 Å². The molecule has 0 bridgehead atoms. The van der Waals surface area contributed by atoms with E-state index < -0.39 is 36.6 Å². The molecule has 2 aliphatic rings. The van der Waals surface area contributed by atoms with Crippen LogP contribution < -0.4 is 17.2 Å². The van der Waals surface area contributed by atoms with E-state index in [0.717, 1.165) is 4.57 Å². The topological polar surface area (TPSA) is 124 Å². The summed E-state index contributed by atoms with van der Waals surface area (Å²) in [6.45, 7) is 0.152. The van der Waals surface area contributed by atoms with E-state index in [1.807, 2.05) is 0 Å². The molecule has 2 saturated heterocycles. The van der Waals surface area contributed by atoms with Crippen LogP contribution in [0, 0.1) is 0 Å². The smallest absolute Gasteiger partial charge is 0.351 e. The Balaban J connectivity index is 1.89. The van der Waals surface area contributed by atoms with E-state index in [0.29, 0.717) is 0 Å². The second-order valence-corrected chi connectivity index (χ2v) is 8.77. The van der Waals surface area contributed by atoms with Gasteiger partial charge in [-0.25, -0.2) is 9.18 Å². The molecule has 3 heterocycles. The zero-order valence-electron chi connectivity index (χ0n) is 13.0. The van der Waals surface area contributed by atoms with Gasteiger partial charge in [0.05, 0.1) is 6.10 Å². The van der Waals surface area contributed by atoms with E-state index in [4.69, 9.17) is 41.6 Å². The third-order valence-electron chi connectivity index (χ3n) is 3.54. The fourth-order valence-electron chi connectivity index (χ4n) is 2.53. The summed E-state index contributed by atoms with van der Waals surface area (Å²) in [5, 5.41) is 0. The van der Waals surface area contributed by atoms with Crippen molar-refractivity contribution in [1.29, 1.82) is 0 Å². The molecule has 9 nitrogen and oxygen atoms in total. The quantitative estimate of drug-likeness (QED) is 0.718. The Morgan fingerprint density at radius 3 is 2.96 bits per heavy atom. The summed E-state index contributed by atoms with van der Waals surface area (Å²) in [7, 11) is 0. The highest BCUT2D eigenvalue weighted by molar-refractivity contribution is 8.07. The SMILES string of the molecule is CC(C)OP1(=S)OC[C@@]2(N)O[C@@H](n3ccc(N)nc3=O)[C@H](F)[C@@H]2O1. The van der Waals surface area contributed by atoms with Crippen LogP contribution in [0.3, 0.4) is 0 Å². The summed E-state index contributed by atoms with van der Waals surface area (Å²) in [5.74, 6) is 0.0185. The molecule has 134 valence electrons. The van der Waals surface area contributed by atoms with Crippen LogP contribution in [0.25, 0.3) is 0 Å². The van der Waals surface area contributed by atoms with Crippen molar-refractivity contribution in [2.45, 2.75) is 44.2 Å². The second kappa shape index (κ2) is 6.10. The largest absolute Gasteiger partial charge is 0.383 e. The Bertz CT molecular complexity index is 748. The van der Waals surface area contributed by atoms with Crippen molar-refractivity contribution in [2.24, 2.45) is 5.73 Å². The van der Waals surface area contributed by atoms with Crippen LogP contribution in [0.5, 0.6) is 0 Å². The highest BCUT2D eigenvalue weighted by Crippen LogP contribution is 2.59. The normalized spacial score (nSPS) is 39.1. The van der Waals surface area contributed by atoms with E-state index in [1.54, 1.807) is 13.8 Å². The van der Waals surface area contributed by atoms with Gasteiger partial charge in [-0.2, -0.15) is 4.98 Å². The second-order valence-electron chi connectivity index (χ2n) is 5.85. The Morgan fingerprint density at radius 2 is 2.33 bits per heavy atom. The molecule has 1 aromatic heterocycles. The maximum Gasteiger partial charge on any atom is 0.351 e. The molecule has 2 fully saturated rings. The number of hydrogen-bond donors (Lipinski definition) is 2. The van der Waals surface area contributed by atoms with Gasteiger partial charge in [0.25, 0.3) is 0 Å². The molecular formula is C12H18FN4O5PS. The predicted molar refractivity (Wildman–Crippen MR) is 86.2 cm³/mol. The third kappa shape index (κ3) is 3.13. The molecule has 2 aliphatic heterocycles. The number of nitrogen functional groups attached to an aromatic ring is 1. The monoisotopic (exact) mass is 380 g/mol. The summed E-state index contributed by atoms with van der Waals surface area (Å²) in [4.78, 5) is 15.5. The molecular weight excluding hydrogens is 362 g/mol. The van der Waals surface area contributed by atoms with Crippen LogP contribution in [0.4, 0.5) is 10.2 Å². The van der Waals surface area contributed by atoms with E-state index in [9.17, 15) is 9.18 Å². The maximum atomic E-state index is 14.9. The summed E-state index contributed by atoms with van der Waals surface area (Å²) in [5.41, 5.74) is 9.14. The molecule has 0 spiro atoms. The number of alkyl halides is 1. The number of halogens is 1. The number of rotatable bonds is 3. The lowest BCUT2D eigenvalue weighted by molar-refractivity contribution is -0.139. The van der Waals surface area contributed by atoms with Gasteiger partial charge in [0.1, 0.15) is 18.5 Å². The molecule has 1 aromatic rings. The first-order valence-corrected chi connectivity index (χ1v) is 9.76. The van der Waals surface area contributed by atoms with Gasteiger partial charge in [-0.1, -0.05) is 0 Å². The highest BCUT2D eigenvalue weighted by Gasteiger charge is 2.61. The lowest BCUT2D eigenvalue weighted by atomic mass is 10.1. The minimum atomic E-state index is -3.15. The van der Waals surface area contributed by atoms with Gasteiger partial charge in [-0.3, -0.25) is 14.8 Å². The molecule has 0 amide bonds. The molecule has 3 rings (SSSR count). The summed E-state index contributed by atoms with van der Waals surface area (Å²) >= 11 is 5.22. The van der Waals surface area contributed by atoms with Crippen LogP contribution in [0.1, 0.15) is 20.1 Å². The van der Waals surface area contributed by atoms with Crippen molar-refractivity contribution in [2.75, 3.05) is 12.3 Å². The van der Waals surface area contributed by atoms with E-state index in [-0.39, 0.29) is 18.5 Å². The van der Waals surface area contributed by atoms with Crippen molar-refractivity contribution in [3.8, 4) is 0 Å². The molecule has 0 saturated carbocycles. The Morgan fingerprint density at radius 1 is 1.62 bits per heavy atom. The first kappa shape index (κ1) is 17.9. The molecule has 5 atom stereocenters. The summed E-state index contributed by atoms with van der Waals surface area (Å²) in [6.07, 6.45) is -3.30. The van der Waals surface area contributed by atoms with Gasteiger partial charge in [0, 0.05) is 6.20 Å². The Labute approximate surface area is 142 Å². The van der Waals surface area contributed by atoms with Crippen LogP contribution in [0.2, 0.25) is 0 Å². The summed E-state index contributed by atoms with van der Waals surface area (Å²) < 4.78 is 37.8. The van der Waals surface area contributed by atoms with Gasteiger partial charge < -0.3 is 19.5 Å². The van der Waals surface area contributed by atoms with Crippen molar-refractivity contribution in [3.05, 3.63) is 22.7 Å². The van der Waals surface area contributed by atoms with Crippen LogP contribution in [-0.4, -0.2) is 40.3 Å². The van der Waals surface area contributed by atoms with Crippen molar-refractivity contribution >= 4 is 24.3 Å². The number of anilines is 1. The number of aromatic nitrogens is 2. The minimum Gasteiger partial charge on any atom is -0.383 e. The summed E-state index contributed by atoms with van der Waals surface area (Å²) in [6, 6.07) is 1.35. The van der Waals surface area contributed by atoms with E-state index in [1.165, 1.54) is 12.3 Å². The molecule has 0 aliphatic carbocycles. The van der Waals surface area contributed by atoms with Crippen molar-refractivity contribution < 1.29 is 22.7 Å². The average molecular weight is 380 g/mol. The fraction of sp³-hybridized carbons (Fsp3) is 0.667. The predicted octanol–water partition coefficient (Wildman–Crippen LogP) is 0.412. The number of ether oxygens (including phenoxy) is 1. The molecule has 0 aromatic carbocycles. The first-order chi connectivity index (χ1) is 11.1. The molecule has 24 heavy (non-hydrogen) atoms. The molecule has 12 heteroatoms. The number of fused-ring (bicyclic) bond motifs is 1. The van der Waals surface area contributed by atoms with E-state index >= 15 is 0 Å². The van der Waals surface area contributed by atoms with Gasteiger partial charge in [0.15, 0.2) is 18.1 Å². The maximum absolute atomic E-state index is 14.9. The average Bonchev–Trinajstić information content (AvgIpc) is 2.71. The van der Waals surface area contributed by atoms with Crippen molar-refractivity contribution in [3.63, 3.8) is 0 Å². The number of nitrogens with two attached hydrogens (primary N) is 2. The lowest BCUT2D eigenvalue weighted by Gasteiger charge is -2.39. The molecule has 0 radical (unpaired) electrons. The van der Waals surface area contributed by atoms with Gasteiger partial charge in [0.2, 0.25) is 0 Å². The zero-order chi connectivity index (χ0) is 17.7. The highest BCUT2D eigenvalue weighted by atomic mass is 32.5. The standard InChI is InChI=1S/C12H18FN4O5PS/c1-6(2)21-23(24)19-5-12(15)9(22-23)8(13)10(20-12)17-4-3-7(14)16-11(17)18/h3-4,6,8-10H,5,15H2,1-2H3,(H2,14,16,18)/t8-,9+,10-,12-,23?/m1/s1. The Hall–Kier alpha value is -0.940. The van der Waals surface area contributed by atoms with Crippen LogP contribution in [0.15, 0.2) is 17.1 Å². The minimum absolute atomic E-state index is 0.0185. The number of hydrogen-bond acceptors (Lipinski definition) is 9. The van der Waals surface area contributed by atoms with Crippen molar-refractivity contribution in [1.82, 2.24) is 9.55 Å². The van der Waals surface area contributed by atoms with Crippen LogP contribution in [-0.2, 0) is 30.1 Å². The van der Waals surface area contributed by atoms with Crippen LogP contribution >= 0.6 is 6.72 Å². The first-order valence-electron chi connectivity index (χ1n) is 7.20. The third-order valence-corrected chi connectivity index (χ3v) is 5.98. The number of nitrogens with zero attached hydrogens (tertiary/aromatic N) is 2. The fourth-order valence-corrected chi connectivity index (χ4v) is 5.11. The van der Waals surface area contributed by atoms with E-state index in [2.05, 4.69) is 4.98 Å². The lowest BCUT2D eigenvalue weighted by Crippen LogP contribution is -2.57.